The van der Waals surface area contributed by atoms with Gasteiger partial charge in [-0.05, 0) is 43.7 Å². The average molecular weight is 389 g/mol. The number of aryl methyl sites for hydroxylation is 1. The van der Waals surface area contributed by atoms with Gasteiger partial charge in [0.2, 0.25) is 0 Å². The number of thiazole rings is 1. The molecule has 1 heterocycles. The van der Waals surface area contributed by atoms with E-state index in [1.54, 1.807) is 35.8 Å². The molecule has 0 fully saturated rings. The molecule has 3 aromatic rings. The van der Waals surface area contributed by atoms with Crippen molar-refractivity contribution in [2.75, 3.05) is 6.61 Å². The Labute approximate surface area is 159 Å². The van der Waals surface area contributed by atoms with E-state index in [4.69, 9.17) is 16.3 Å². The molecule has 1 aromatic heterocycles. The van der Waals surface area contributed by atoms with Gasteiger partial charge in [-0.1, -0.05) is 41.1 Å². The molecule has 134 valence electrons. The Morgan fingerprint density at radius 1 is 1.23 bits per heavy atom. The second-order valence-electron chi connectivity index (χ2n) is 5.62. The number of amides is 1. The highest BCUT2D eigenvalue weighted by atomic mass is 35.5. The van der Waals surface area contributed by atoms with Crippen LogP contribution in [0, 0.1) is 6.92 Å². The number of para-hydroxylation sites is 1. The summed E-state index contributed by atoms with van der Waals surface area (Å²) >= 11 is 7.31. The van der Waals surface area contributed by atoms with Gasteiger partial charge in [0, 0.05) is 10.6 Å². The maximum absolute atomic E-state index is 12.5. The molecule has 0 atom stereocenters. The Kier molecular flexibility index (Phi) is 5.54. The van der Waals surface area contributed by atoms with Crippen LogP contribution >= 0.6 is 22.9 Å². The summed E-state index contributed by atoms with van der Waals surface area (Å²) in [5.74, 6) is -0.776. The number of nitrogens with zero attached hydrogens (tertiary/aromatic N) is 2. The zero-order chi connectivity index (χ0) is 18.7. The van der Waals surface area contributed by atoms with Gasteiger partial charge < -0.3 is 9.30 Å². The third-order valence-corrected chi connectivity index (χ3v) is 5.04. The van der Waals surface area contributed by atoms with Crippen LogP contribution in [0.25, 0.3) is 10.2 Å². The van der Waals surface area contributed by atoms with Crippen molar-refractivity contribution in [3.05, 3.63) is 63.4 Å². The fraction of sp³-hybridized carbons (Fsp3) is 0.211. The largest absolute Gasteiger partial charge is 0.465 e. The third-order valence-electron chi connectivity index (χ3n) is 3.76. The fourth-order valence-corrected chi connectivity index (χ4v) is 3.94. The highest BCUT2D eigenvalue weighted by molar-refractivity contribution is 7.16. The van der Waals surface area contributed by atoms with Gasteiger partial charge in [0.05, 0.1) is 16.8 Å². The molecule has 0 radical (unpaired) electrons. The van der Waals surface area contributed by atoms with E-state index in [0.29, 0.717) is 22.0 Å². The molecule has 0 N–H and O–H groups in total. The van der Waals surface area contributed by atoms with Crippen LogP contribution in [0.1, 0.15) is 22.8 Å². The van der Waals surface area contributed by atoms with Gasteiger partial charge in [-0.3, -0.25) is 9.59 Å². The van der Waals surface area contributed by atoms with Crippen LogP contribution in [0.5, 0.6) is 0 Å². The van der Waals surface area contributed by atoms with Crippen molar-refractivity contribution in [3.8, 4) is 0 Å². The zero-order valence-corrected chi connectivity index (χ0v) is 15.9. The monoisotopic (exact) mass is 388 g/mol. The molecular weight excluding hydrogens is 372 g/mol. The molecule has 0 unspecified atom stereocenters. The molecule has 5 nitrogen and oxygen atoms in total. The molecule has 0 spiro atoms. The lowest BCUT2D eigenvalue weighted by Crippen LogP contribution is -2.23. The number of fused-ring (bicyclic) bond motifs is 1. The molecule has 0 saturated heterocycles. The number of rotatable bonds is 4. The number of benzene rings is 2. The Bertz CT molecular complexity index is 1050. The molecule has 0 aliphatic carbocycles. The lowest BCUT2D eigenvalue weighted by atomic mass is 10.2. The summed E-state index contributed by atoms with van der Waals surface area (Å²) < 4.78 is 7.75. The fourth-order valence-electron chi connectivity index (χ4n) is 2.65. The van der Waals surface area contributed by atoms with Crippen molar-refractivity contribution >= 4 is 45.0 Å². The number of esters is 1. The number of hydrogen-bond donors (Lipinski definition) is 0. The van der Waals surface area contributed by atoms with Gasteiger partial charge in [-0.2, -0.15) is 4.99 Å². The summed E-state index contributed by atoms with van der Waals surface area (Å²) in [6.07, 6.45) is 0. The minimum Gasteiger partial charge on any atom is -0.465 e. The van der Waals surface area contributed by atoms with Gasteiger partial charge in [-0.25, -0.2) is 0 Å². The predicted octanol–water partition coefficient (Wildman–Crippen LogP) is 3.97. The topological polar surface area (TPSA) is 60.7 Å². The van der Waals surface area contributed by atoms with E-state index < -0.39 is 5.91 Å². The number of carbonyl (C=O) groups is 2. The predicted molar refractivity (Wildman–Crippen MR) is 103 cm³/mol. The average Bonchev–Trinajstić information content (AvgIpc) is 2.93. The lowest BCUT2D eigenvalue weighted by Gasteiger charge is -2.06. The standard InChI is InChI=1S/C19H17ClN2O3S/c1-3-25-16(23)11-22-17-12(2)6-4-9-15(17)26-19(22)21-18(24)13-7-5-8-14(20)10-13/h4-10H,3,11H2,1-2H3. The Balaban J connectivity index is 2.13. The third kappa shape index (κ3) is 3.86. The van der Waals surface area contributed by atoms with Crippen LogP contribution in [0.15, 0.2) is 47.5 Å². The van der Waals surface area contributed by atoms with E-state index in [9.17, 15) is 9.59 Å². The van der Waals surface area contributed by atoms with Crippen LogP contribution < -0.4 is 4.80 Å². The van der Waals surface area contributed by atoms with Crippen LogP contribution in [-0.4, -0.2) is 23.1 Å². The summed E-state index contributed by atoms with van der Waals surface area (Å²) in [5, 5.41) is 0.470. The van der Waals surface area contributed by atoms with Crippen molar-refractivity contribution in [2.45, 2.75) is 20.4 Å². The highest BCUT2D eigenvalue weighted by Gasteiger charge is 2.14. The van der Waals surface area contributed by atoms with Crippen LogP contribution in [0.4, 0.5) is 0 Å². The van der Waals surface area contributed by atoms with Crippen LogP contribution in [0.2, 0.25) is 5.02 Å². The highest BCUT2D eigenvalue weighted by Crippen LogP contribution is 2.21. The zero-order valence-electron chi connectivity index (χ0n) is 14.4. The van der Waals surface area contributed by atoms with Crippen molar-refractivity contribution in [1.82, 2.24) is 4.57 Å². The van der Waals surface area contributed by atoms with Gasteiger partial charge in [0.25, 0.3) is 5.91 Å². The Morgan fingerprint density at radius 3 is 2.73 bits per heavy atom. The Hall–Kier alpha value is -2.44. The number of ether oxygens (including phenoxy) is 1. The van der Waals surface area contributed by atoms with Gasteiger partial charge in [0.1, 0.15) is 6.54 Å². The summed E-state index contributed by atoms with van der Waals surface area (Å²) in [6.45, 7) is 4.02. The summed E-state index contributed by atoms with van der Waals surface area (Å²) in [7, 11) is 0. The van der Waals surface area contributed by atoms with Gasteiger partial charge >= 0.3 is 5.97 Å². The molecule has 26 heavy (non-hydrogen) atoms. The normalized spacial score (nSPS) is 11.7. The van der Waals surface area contributed by atoms with Crippen molar-refractivity contribution in [1.29, 1.82) is 0 Å². The Morgan fingerprint density at radius 2 is 2.00 bits per heavy atom. The summed E-state index contributed by atoms with van der Waals surface area (Å²) in [5.41, 5.74) is 2.28. The maximum Gasteiger partial charge on any atom is 0.326 e. The number of carbonyl (C=O) groups excluding carboxylic acids is 2. The number of aromatic nitrogens is 1. The lowest BCUT2D eigenvalue weighted by molar-refractivity contribution is -0.143. The minimum atomic E-state index is -0.408. The molecule has 0 aliphatic rings. The molecule has 7 heteroatoms. The molecule has 0 saturated carbocycles. The van der Waals surface area contributed by atoms with E-state index in [2.05, 4.69) is 4.99 Å². The van der Waals surface area contributed by atoms with Crippen molar-refractivity contribution < 1.29 is 14.3 Å². The van der Waals surface area contributed by atoms with Crippen molar-refractivity contribution in [3.63, 3.8) is 0 Å². The first-order valence-corrected chi connectivity index (χ1v) is 9.28. The van der Waals surface area contributed by atoms with Gasteiger partial charge in [0.15, 0.2) is 4.80 Å². The van der Waals surface area contributed by atoms with Crippen molar-refractivity contribution in [2.24, 2.45) is 4.99 Å². The van der Waals surface area contributed by atoms with Gasteiger partial charge in [-0.15, -0.1) is 0 Å². The number of halogens is 1. The molecule has 1 amide bonds. The van der Waals surface area contributed by atoms with E-state index in [0.717, 1.165) is 15.8 Å². The molecule has 2 aromatic carbocycles. The first-order valence-electron chi connectivity index (χ1n) is 8.08. The number of hydrogen-bond acceptors (Lipinski definition) is 4. The second-order valence-corrected chi connectivity index (χ2v) is 7.07. The SMILES string of the molecule is CCOC(=O)Cn1c(=NC(=O)c2cccc(Cl)c2)sc2cccc(C)c21. The molecule has 0 aliphatic heterocycles. The maximum atomic E-state index is 12.5. The van der Waals surface area contributed by atoms with E-state index >= 15 is 0 Å². The molecule has 0 bridgehead atoms. The molecule has 3 rings (SSSR count). The first-order chi connectivity index (χ1) is 12.5. The smallest absolute Gasteiger partial charge is 0.326 e. The van der Waals surface area contributed by atoms with Crippen LogP contribution in [-0.2, 0) is 16.1 Å². The summed E-state index contributed by atoms with van der Waals surface area (Å²) in [6, 6.07) is 12.5. The quantitative estimate of drug-likeness (QED) is 0.635. The van der Waals surface area contributed by atoms with Crippen LogP contribution in [0.3, 0.4) is 0 Å². The minimum absolute atomic E-state index is 0.000350. The van der Waals surface area contributed by atoms with E-state index in [1.807, 2.05) is 25.1 Å². The first kappa shape index (κ1) is 18.4. The van der Waals surface area contributed by atoms with E-state index in [-0.39, 0.29) is 12.5 Å². The second kappa shape index (κ2) is 7.85. The summed E-state index contributed by atoms with van der Waals surface area (Å²) in [4.78, 5) is 29.3. The van der Waals surface area contributed by atoms with E-state index in [1.165, 1.54) is 11.3 Å². The molecular formula is C19H17ClN2O3S.